The average molecular weight is 343 g/mol. The van der Waals surface area contributed by atoms with Gasteiger partial charge in [-0.3, -0.25) is 9.48 Å². The molecule has 1 fully saturated rings. The third-order valence-corrected chi connectivity index (χ3v) is 5.59. The first-order valence-electron chi connectivity index (χ1n) is 7.45. The Bertz CT molecular complexity index is 644. The van der Waals surface area contributed by atoms with Gasteiger partial charge >= 0.3 is 0 Å². The number of carbonyl (C=O) groups is 1. The fourth-order valence-electron chi connectivity index (χ4n) is 3.09. The lowest BCUT2D eigenvalue weighted by molar-refractivity contribution is 0.0666. The first-order valence-corrected chi connectivity index (χ1v) is 8.27. The van der Waals surface area contributed by atoms with E-state index in [1.165, 1.54) is 11.3 Å². The van der Waals surface area contributed by atoms with E-state index in [1.807, 2.05) is 36.5 Å². The minimum atomic E-state index is 0. The largest absolute Gasteiger partial charge is 0.338 e. The lowest BCUT2D eigenvalue weighted by atomic mass is 9.92. The topological polar surface area (TPSA) is 64.2 Å². The zero-order valence-corrected chi connectivity index (χ0v) is 14.8. The molecule has 2 unspecified atom stereocenters. The summed E-state index contributed by atoms with van der Waals surface area (Å²) in [5.74, 6) is 0.557. The van der Waals surface area contributed by atoms with Crippen LogP contribution in [0.2, 0.25) is 0 Å². The van der Waals surface area contributed by atoms with Gasteiger partial charge in [-0.1, -0.05) is 0 Å². The van der Waals surface area contributed by atoms with E-state index in [4.69, 9.17) is 5.73 Å². The number of hydrogen-bond donors (Lipinski definition) is 1. The summed E-state index contributed by atoms with van der Waals surface area (Å²) in [6, 6.07) is 2.13. The Kier molecular flexibility index (Phi) is 5.14. The summed E-state index contributed by atoms with van der Waals surface area (Å²) in [5, 5.41) is 5.47. The Hall–Kier alpha value is -1.11. The molecule has 0 aliphatic carbocycles. The quantitative estimate of drug-likeness (QED) is 0.912. The van der Waals surface area contributed by atoms with Crippen LogP contribution < -0.4 is 5.73 Å². The molecule has 0 bridgehead atoms. The summed E-state index contributed by atoms with van der Waals surface area (Å²) in [5.41, 5.74) is 6.99. The lowest BCUT2D eigenvalue weighted by Crippen LogP contribution is -2.44. The molecule has 122 valence electrons. The van der Waals surface area contributed by atoms with E-state index in [2.05, 4.69) is 5.10 Å². The summed E-state index contributed by atoms with van der Waals surface area (Å²) in [6.07, 6.45) is 2.17. The van der Waals surface area contributed by atoms with Gasteiger partial charge in [-0.25, -0.2) is 0 Å². The molecule has 1 aliphatic rings. The molecule has 0 saturated carbocycles. The van der Waals surface area contributed by atoms with Crippen molar-refractivity contribution in [3.63, 3.8) is 0 Å². The molecule has 1 amide bonds. The van der Waals surface area contributed by atoms with Crippen molar-refractivity contribution in [2.45, 2.75) is 32.7 Å². The van der Waals surface area contributed by atoms with E-state index >= 15 is 0 Å². The number of carbonyl (C=O) groups excluding carboxylic acids is 1. The summed E-state index contributed by atoms with van der Waals surface area (Å²) in [6.45, 7) is 5.64. The van der Waals surface area contributed by atoms with Crippen molar-refractivity contribution in [3.05, 3.63) is 16.6 Å². The predicted molar refractivity (Wildman–Crippen MR) is 92.9 cm³/mol. The highest BCUT2D eigenvalue weighted by molar-refractivity contribution is 7.20. The third kappa shape index (κ3) is 3.00. The van der Waals surface area contributed by atoms with Gasteiger partial charge < -0.3 is 10.6 Å². The van der Waals surface area contributed by atoms with Gasteiger partial charge in [-0.15, -0.1) is 23.7 Å². The number of amides is 1. The summed E-state index contributed by atoms with van der Waals surface area (Å²) >= 11 is 1.53. The van der Waals surface area contributed by atoms with Crippen LogP contribution in [-0.4, -0.2) is 39.7 Å². The molecule has 0 aromatic carbocycles. The first kappa shape index (κ1) is 17.2. The number of rotatable bonds is 2. The number of fused-ring (bicyclic) bond motifs is 1. The van der Waals surface area contributed by atoms with E-state index in [1.54, 1.807) is 0 Å². The van der Waals surface area contributed by atoms with E-state index in [0.717, 1.165) is 46.7 Å². The molecule has 3 heterocycles. The van der Waals surface area contributed by atoms with Crippen LogP contribution in [0.1, 0.15) is 35.1 Å². The van der Waals surface area contributed by atoms with Gasteiger partial charge in [-0.2, -0.15) is 5.10 Å². The van der Waals surface area contributed by atoms with Gasteiger partial charge in [-0.05, 0) is 38.7 Å². The van der Waals surface area contributed by atoms with Crippen LogP contribution >= 0.6 is 23.7 Å². The third-order valence-electron chi connectivity index (χ3n) is 4.40. The maximum absolute atomic E-state index is 12.7. The number of halogens is 1. The summed E-state index contributed by atoms with van der Waals surface area (Å²) in [7, 11) is 1.92. The molecule has 2 N–H and O–H groups in total. The highest BCUT2D eigenvalue weighted by atomic mass is 35.5. The maximum atomic E-state index is 12.7. The SMILES string of the molecule is Cc1nn(C)c2sc(C(=O)N3CCCC(C(C)N)C3)cc12.Cl. The maximum Gasteiger partial charge on any atom is 0.264 e. The van der Waals surface area contributed by atoms with Gasteiger partial charge in [0.25, 0.3) is 5.91 Å². The molecular formula is C15H23ClN4OS. The van der Waals surface area contributed by atoms with E-state index in [9.17, 15) is 4.79 Å². The number of nitrogens with two attached hydrogens (primary N) is 1. The van der Waals surface area contributed by atoms with Crippen LogP contribution in [0.5, 0.6) is 0 Å². The number of aryl methyl sites for hydroxylation is 2. The molecule has 1 aliphatic heterocycles. The minimum Gasteiger partial charge on any atom is -0.338 e. The van der Waals surface area contributed by atoms with Crippen molar-refractivity contribution in [3.8, 4) is 0 Å². The van der Waals surface area contributed by atoms with Crippen LogP contribution in [0.15, 0.2) is 6.07 Å². The van der Waals surface area contributed by atoms with Crippen LogP contribution in [0.25, 0.3) is 10.2 Å². The van der Waals surface area contributed by atoms with Gasteiger partial charge in [0.1, 0.15) is 4.83 Å². The zero-order valence-electron chi connectivity index (χ0n) is 13.2. The van der Waals surface area contributed by atoms with Gasteiger partial charge in [0.2, 0.25) is 0 Å². The van der Waals surface area contributed by atoms with Crippen LogP contribution in [0.3, 0.4) is 0 Å². The van der Waals surface area contributed by atoms with Gasteiger partial charge in [0, 0.05) is 31.6 Å². The molecule has 0 spiro atoms. The fraction of sp³-hybridized carbons (Fsp3) is 0.600. The number of nitrogens with zero attached hydrogens (tertiary/aromatic N) is 3. The van der Waals surface area contributed by atoms with E-state index in [-0.39, 0.29) is 24.4 Å². The van der Waals surface area contributed by atoms with Gasteiger partial charge in [0.05, 0.1) is 10.6 Å². The minimum absolute atomic E-state index is 0. The molecular weight excluding hydrogens is 320 g/mol. The molecule has 3 rings (SSSR count). The molecule has 2 aromatic heterocycles. The van der Waals surface area contributed by atoms with Crippen LogP contribution in [-0.2, 0) is 7.05 Å². The predicted octanol–water partition coefficient (Wildman–Crippen LogP) is 2.56. The second kappa shape index (κ2) is 6.56. The van der Waals surface area contributed by atoms with Crippen molar-refractivity contribution in [2.24, 2.45) is 18.7 Å². The first-order chi connectivity index (χ1) is 9.97. The Morgan fingerprint density at radius 2 is 2.27 bits per heavy atom. The van der Waals surface area contributed by atoms with Crippen molar-refractivity contribution < 1.29 is 4.79 Å². The molecule has 0 radical (unpaired) electrons. The van der Waals surface area contributed by atoms with Crippen molar-refractivity contribution in [1.82, 2.24) is 14.7 Å². The number of thiophene rings is 1. The van der Waals surface area contributed by atoms with Crippen molar-refractivity contribution in [1.29, 1.82) is 0 Å². The Morgan fingerprint density at radius 1 is 1.55 bits per heavy atom. The lowest BCUT2D eigenvalue weighted by Gasteiger charge is -2.34. The highest BCUT2D eigenvalue weighted by Gasteiger charge is 2.27. The highest BCUT2D eigenvalue weighted by Crippen LogP contribution is 2.29. The number of aromatic nitrogens is 2. The second-order valence-corrected chi connectivity index (χ2v) is 7.08. The molecule has 2 atom stereocenters. The fourth-order valence-corrected chi connectivity index (χ4v) is 4.18. The molecule has 5 nitrogen and oxygen atoms in total. The van der Waals surface area contributed by atoms with E-state index < -0.39 is 0 Å². The number of piperidine rings is 1. The Labute approximate surface area is 140 Å². The second-order valence-electron chi connectivity index (χ2n) is 6.05. The number of likely N-dealkylation sites (tertiary alicyclic amines) is 1. The molecule has 2 aromatic rings. The van der Waals surface area contributed by atoms with Crippen LogP contribution in [0, 0.1) is 12.8 Å². The average Bonchev–Trinajstić information content (AvgIpc) is 3.01. The summed E-state index contributed by atoms with van der Waals surface area (Å²) in [4.78, 5) is 16.6. The molecule has 1 saturated heterocycles. The van der Waals surface area contributed by atoms with Gasteiger partial charge in [0.15, 0.2) is 0 Å². The smallest absolute Gasteiger partial charge is 0.264 e. The molecule has 7 heteroatoms. The Balaban J connectivity index is 0.00000176. The van der Waals surface area contributed by atoms with Crippen LogP contribution in [0.4, 0.5) is 0 Å². The van der Waals surface area contributed by atoms with Crippen molar-refractivity contribution >= 4 is 39.9 Å². The monoisotopic (exact) mass is 342 g/mol. The summed E-state index contributed by atoms with van der Waals surface area (Å²) < 4.78 is 1.85. The molecule has 22 heavy (non-hydrogen) atoms. The number of hydrogen-bond acceptors (Lipinski definition) is 4. The zero-order chi connectivity index (χ0) is 15.1. The van der Waals surface area contributed by atoms with Crippen molar-refractivity contribution in [2.75, 3.05) is 13.1 Å². The normalized spacial score (nSPS) is 20.0. The van der Waals surface area contributed by atoms with E-state index in [0.29, 0.717) is 5.92 Å². The Morgan fingerprint density at radius 3 is 2.91 bits per heavy atom. The standard InChI is InChI=1S/C15H22N4OS.ClH/c1-9(16)11-5-4-6-19(8-11)14(20)13-7-12-10(2)17-18(3)15(12)21-13;/h7,9,11H,4-6,8,16H2,1-3H3;1H.